The van der Waals surface area contributed by atoms with Gasteiger partial charge >= 0.3 is 6.03 Å². The van der Waals surface area contributed by atoms with Crippen LogP contribution in [0.25, 0.3) is 6.08 Å². The lowest BCUT2D eigenvalue weighted by Crippen LogP contribution is -2.44. The Bertz CT molecular complexity index is 694. The molecule has 24 heavy (non-hydrogen) atoms. The summed E-state index contributed by atoms with van der Waals surface area (Å²) in [5.41, 5.74) is 0.669. The summed E-state index contributed by atoms with van der Waals surface area (Å²) in [6.07, 6.45) is 4.45. The molecule has 1 aromatic rings. The van der Waals surface area contributed by atoms with Gasteiger partial charge in [0.15, 0.2) is 0 Å². The van der Waals surface area contributed by atoms with Gasteiger partial charge in [0.25, 0.3) is 5.91 Å². The number of amides is 4. The molecule has 2 fully saturated rings. The predicted octanol–water partition coefficient (Wildman–Crippen LogP) is 1.73. The van der Waals surface area contributed by atoms with E-state index in [1.165, 1.54) is 30.3 Å². The monoisotopic (exact) mass is 331 g/mol. The molecule has 3 rings (SSSR count). The number of likely N-dealkylation sites (tertiary alicyclic amines) is 1. The van der Waals surface area contributed by atoms with Gasteiger partial charge in [-0.1, -0.05) is 12.1 Å². The maximum atomic E-state index is 12.9. The zero-order valence-corrected chi connectivity index (χ0v) is 13.1. The topological polar surface area (TPSA) is 69.7 Å². The predicted molar refractivity (Wildman–Crippen MR) is 85.1 cm³/mol. The van der Waals surface area contributed by atoms with Gasteiger partial charge in [-0.2, -0.15) is 0 Å². The zero-order valence-electron chi connectivity index (χ0n) is 13.1. The lowest BCUT2D eigenvalue weighted by atomic mass is 10.1. The summed E-state index contributed by atoms with van der Waals surface area (Å²) < 4.78 is 12.9. The Morgan fingerprint density at radius 2 is 1.79 bits per heavy atom. The van der Waals surface area contributed by atoms with Gasteiger partial charge in [-0.05, 0) is 43.0 Å². The van der Waals surface area contributed by atoms with Gasteiger partial charge in [0, 0.05) is 13.1 Å². The first-order valence-corrected chi connectivity index (χ1v) is 7.92. The van der Waals surface area contributed by atoms with Crippen LogP contribution in [-0.4, -0.2) is 47.3 Å². The summed E-state index contributed by atoms with van der Waals surface area (Å²) in [6.45, 7) is 1.08. The average molecular weight is 331 g/mol. The molecule has 0 radical (unpaired) electrons. The van der Waals surface area contributed by atoms with Crippen LogP contribution in [-0.2, 0) is 9.59 Å². The Morgan fingerprint density at radius 1 is 1.12 bits per heavy atom. The van der Waals surface area contributed by atoms with Crippen molar-refractivity contribution in [3.63, 3.8) is 0 Å². The third kappa shape index (κ3) is 3.45. The zero-order chi connectivity index (χ0) is 17.1. The number of hydrogen-bond acceptors (Lipinski definition) is 3. The van der Waals surface area contributed by atoms with E-state index in [1.807, 2.05) is 0 Å². The number of halogens is 1. The lowest BCUT2D eigenvalue weighted by Gasteiger charge is -2.27. The smallest absolute Gasteiger partial charge is 0.329 e. The van der Waals surface area contributed by atoms with Crippen molar-refractivity contribution in [2.45, 2.75) is 19.3 Å². The number of carbonyl (C=O) groups is 3. The number of rotatable bonds is 3. The van der Waals surface area contributed by atoms with Crippen LogP contribution >= 0.6 is 0 Å². The van der Waals surface area contributed by atoms with Crippen molar-refractivity contribution in [1.29, 1.82) is 0 Å². The molecule has 126 valence electrons. The third-order valence-electron chi connectivity index (χ3n) is 4.15. The molecule has 2 aliphatic rings. The van der Waals surface area contributed by atoms with Crippen molar-refractivity contribution in [2.24, 2.45) is 0 Å². The van der Waals surface area contributed by atoms with Gasteiger partial charge in [-0.3, -0.25) is 9.59 Å². The van der Waals surface area contributed by atoms with Crippen molar-refractivity contribution >= 4 is 23.9 Å². The number of hydrogen-bond donors (Lipinski definition) is 1. The molecule has 0 aliphatic carbocycles. The van der Waals surface area contributed by atoms with Crippen molar-refractivity contribution in [3.8, 4) is 0 Å². The number of carbonyl (C=O) groups excluding carboxylic acids is 3. The molecule has 0 atom stereocenters. The Kier molecular flexibility index (Phi) is 4.59. The molecular weight excluding hydrogens is 313 g/mol. The molecule has 0 bridgehead atoms. The standard InChI is InChI=1S/C17H18FN3O3/c18-13-6-4-12(5-7-13)10-14-16(23)21(17(24)19-14)11-15(22)20-8-2-1-3-9-20/h4-7,10H,1-3,8-9,11H2,(H,19,24)/b14-10-. The summed E-state index contributed by atoms with van der Waals surface area (Å²) in [4.78, 5) is 39.1. The van der Waals surface area contributed by atoms with Crippen molar-refractivity contribution < 1.29 is 18.8 Å². The van der Waals surface area contributed by atoms with E-state index in [0.717, 1.165) is 24.2 Å². The van der Waals surface area contributed by atoms with Gasteiger partial charge in [0.1, 0.15) is 18.1 Å². The quantitative estimate of drug-likeness (QED) is 0.677. The molecule has 1 N–H and O–H groups in total. The highest BCUT2D eigenvalue weighted by molar-refractivity contribution is 6.15. The first kappa shape index (κ1) is 16.2. The summed E-state index contributed by atoms with van der Waals surface area (Å²) >= 11 is 0. The van der Waals surface area contributed by atoms with Gasteiger partial charge in [0.2, 0.25) is 5.91 Å². The number of piperidine rings is 1. The Labute approximate surface area is 138 Å². The summed E-state index contributed by atoms with van der Waals surface area (Å²) in [6, 6.07) is 4.93. The van der Waals surface area contributed by atoms with E-state index in [4.69, 9.17) is 0 Å². The maximum Gasteiger partial charge on any atom is 0.329 e. The van der Waals surface area contributed by atoms with Crippen LogP contribution in [0.15, 0.2) is 30.0 Å². The molecule has 2 heterocycles. The van der Waals surface area contributed by atoms with Crippen LogP contribution in [0.2, 0.25) is 0 Å². The molecule has 2 saturated heterocycles. The van der Waals surface area contributed by atoms with Crippen molar-refractivity contribution in [3.05, 3.63) is 41.3 Å². The summed E-state index contributed by atoms with van der Waals surface area (Å²) in [5, 5.41) is 2.46. The van der Waals surface area contributed by atoms with Gasteiger partial charge in [-0.25, -0.2) is 14.1 Å². The third-order valence-corrected chi connectivity index (χ3v) is 4.15. The Balaban J connectivity index is 1.69. The normalized spacial score (nSPS) is 19.8. The highest BCUT2D eigenvalue weighted by Gasteiger charge is 2.35. The molecule has 4 amide bonds. The minimum atomic E-state index is -0.612. The van der Waals surface area contributed by atoms with E-state index < -0.39 is 11.9 Å². The molecular formula is C17H18FN3O3. The minimum absolute atomic E-state index is 0.0815. The van der Waals surface area contributed by atoms with Crippen LogP contribution < -0.4 is 5.32 Å². The largest absolute Gasteiger partial charge is 0.341 e. The van der Waals surface area contributed by atoms with Crippen LogP contribution in [0.5, 0.6) is 0 Å². The highest BCUT2D eigenvalue weighted by Crippen LogP contribution is 2.16. The first-order valence-electron chi connectivity index (χ1n) is 7.92. The fourth-order valence-corrected chi connectivity index (χ4v) is 2.82. The lowest BCUT2D eigenvalue weighted by molar-refractivity contribution is -0.136. The van der Waals surface area contributed by atoms with E-state index in [9.17, 15) is 18.8 Å². The number of urea groups is 1. The van der Waals surface area contributed by atoms with Gasteiger partial charge < -0.3 is 10.2 Å². The van der Waals surface area contributed by atoms with E-state index in [0.29, 0.717) is 18.7 Å². The van der Waals surface area contributed by atoms with Crippen LogP contribution in [0, 0.1) is 5.82 Å². The molecule has 1 aromatic carbocycles. The van der Waals surface area contributed by atoms with Crippen molar-refractivity contribution in [2.75, 3.05) is 19.6 Å². The minimum Gasteiger partial charge on any atom is -0.341 e. The van der Waals surface area contributed by atoms with Gasteiger partial charge in [-0.15, -0.1) is 0 Å². The first-order chi connectivity index (χ1) is 11.5. The number of imide groups is 1. The SMILES string of the molecule is O=C(CN1C(=O)N/C(=C\c2ccc(F)cc2)C1=O)N1CCCCC1. The van der Waals surface area contributed by atoms with E-state index in [1.54, 1.807) is 4.90 Å². The Morgan fingerprint density at radius 3 is 2.46 bits per heavy atom. The molecule has 0 unspecified atom stereocenters. The fraction of sp³-hybridized carbons (Fsp3) is 0.353. The number of benzene rings is 1. The van der Waals surface area contributed by atoms with Crippen molar-refractivity contribution in [1.82, 2.24) is 15.1 Å². The molecule has 2 aliphatic heterocycles. The fourth-order valence-electron chi connectivity index (χ4n) is 2.82. The molecule has 6 nitrogen and oxygen atoms in total. The Hall–Kier alpha value is -2.70. The van der Waals surface area contributed by atoms with Crippen LogP contribution in [0.1, 0.15) is 24.8 Å². The second-order valence-electron chi connectivity index (χ2n) is 5.87. The summed E-state index contributed by atoms with van der Waals surface area (Å²) in [5.74, 6) is -1.15. The second kappa shape index (κ2) is 6.82. The van der Waals surface area contributed by atoms with Gasteiger partial charge in [0.05, 0.1) is 0 Å². The van der Waals surface area contributed by atoms with Crippen LogP contribution in [0.4, 0.5) is 9.18 Å². The van der Waals surface area contributed by atoms with Crippen LogP contribution in [0.3, 0.4) is 0 Å². The summed E-state index contributed by atoms with van der Waals surface area (Å²) in [7, 11) is 0. The van der Waals surface area contributed by atoms with E-state index >= 15 is 0 Å². The van der Waals surface area contributed by atoms with E-state index in [-0.39, 0.29) is 24.0 Å². The maximum absolute atomic E-state index is 12.9. The molecule has 7 heteroatoms. The van der Waals surface area contributed by atoms with E-state index in [2.05, 4.69) is 5.32 Å². The molecule has 0 spiro atoms. The number of nitrogens with zero attached hydrogens (tertiary/aromatic N) is 2. The highest BCUT2D eigenvalue weighted by atomic mass is 19.1. The number of nitrogens with one attached hydrogen (secondary N) is 1. The second-order valence-corrected chi connectivity index (χ2v) is 5.87. The molecule has 0 saturated carbocycles. The average Bonchev–Trinajstić information content (AvgIpc) is 2.85. The molecule has 0 aromatic heterocycles.